The minimum absolute atomic E-state index is 0.111. The smallest absolute Gasteiger partial charge is 0.270 e. The van der Waals surface area contributed by atoms with Crippen LogP contribution in [0, 0.1) is 10.1 Å². The molecule has 2 aromatic carbocycles. The molecule has 0 atom stereocenters. The van der Waals surface area contributed by atoms with Crippen LogP contribution in [0.15, 0.2) is 48.5 Å². The highest BCUT2D eigenvalue weighted by Crippen LogP contribution is 2.29. The average molecular weight is 355 g/mol. The van der Waals surface area contributed by atoms with Crippen molar-refractivity contribution in [3.63, 3.8) is 0 Å². The minimum atomic E-state index is -0.524. The average Bonchev–Trinajstić information content (AvgIpc) is 2.66. The lowest BCUT2D eigenvalue weighted by Gasteiger charge is -2.11. The zero-order valence-electron chi connectivity index (χ0n) is 14.8. The molecule has 0 N–H and O–H groups in total. The van der Waals surface area contributed by atoms with Crippen LogP contribution in [0.1, 0.15) is 35.7 Å². The number of ether oxygens (including phenoxy) is 2. The third-order valence-electron chi connectivity index (χ3n) is 3.71. The van der Waals surface area contributed by atoms with Gasteiger partial charge < -0.3 is 9.47 Å². The number of methoxy groups -OCH3 is 1. The summed E-state index contributed by atoms with van der Waals surface area (Å²) < 4.78 is 11.0. The summed E-state index contributed by atoms with van der Waals surface area (Å²) in [5, 5.41) is 10.8. The van der Waals surface area contributed by atoms with Gasteiger partial charge in [0.1, 0.15) is 0 Å². The summed E-state index contributed by atoms with van der Waals surface area (Å²) >= 11 is 0. The molecule has 0 radical (unpaired) electrons. The van der Waals surface area contributed by atoms with Crippen LogP contribution in [-0.4, -0.2) is 24.4 Å². The van der Waals surface area contributed by atoms with Gasteiger partial charge in [-0.25, -0.2) is 0 Å². The third-order valence-corrected chi connectivity index (χ3v) is 3.71. The van der Waals surface area contributed by atoms with E-state index in [1.54, 1.807) is 31.4 Å². The second kappa shape index (κ2) is 9.36. The molecule has 0 saturated heterocycles. The molecular weight excluding hydrogens is 334 g/mol. The maximum absolute atomic E-state index is 12.2. The molecule has 0 saturated carbocycles. The van der Waals surface area contributed by atoms with Crippen molar-refractivity contribution in [1.82, 2.24) is 0 Å². The summed E-state index contributed by atoms with van der Waals surface area (Å²) in [4.78, 5) is 22.5. The number of ketones is 1. The van der Waals surface area contributed by atoms with Crippen molar-refractivity contribution < 1.29 is 19.2 Å². The summed E-state index contributed by atoms with van der Waals surface area (Å²) in [5.74, 6) is 0.937. The largest absolute Gasteiger partial charge is 0.493 e. The summed E-state index contributed by atoms with van der Waals surface area (Å²) in [6.45, 7) is 2.67. The Morgan fingerprint density at radius 3 is 2.69 bits per heavy atom. The van der Waals surface area contributed by atoms with Crippen LogP contribution in [0.2, 0.25) is 0 Å². The van der Waals surface area contributed by atoms with Crippen LogP contribution in [0.5, 0.6) is 11.5 Å². The van der Waals surface area contributed by atoms with E-state index in [9.17, 15) is 14.9 Å². The van der Waals surface area contributed by atoms with Crippen LogP contribution in [-0.2, 0) is 0 Å². The van der Waals surface area contributed by atoms with Crippen LogP contribution < -0.4 is 9.47 Å². The van der Waals surface area contributed by atoms with E-state index in [0.717, 1.165) is 18.4 Å². The molecular formula is C20H21NO5. The number of hydrogen-bond acceptors (Lipinski definition) is 5. The molecule has 0 spiro atoms. The second-order valence-electron chi connectivity index (χ2n) is 5.62. The Hall–Kier alpha value is -3.15. The number of carbonyl (C=O) groups is 1. The number of hydrogen-bond donors (Lipinski definition) is 0. The summed E-state index contributed by atoms with van der Waals surface area (Å²) in [6.07, 6.45) is 5.00. The first kappa shape index (κ1) is 19.2. The predicted octanol–water partition coefficient (Wildman–Crippen LogP) is 4.68. The Morgan fingerprint density at radius 1 is 1.19 bits per heavy atom. The highest BCUT2D eigenvalue weighted by Gasteiger charge is 2.10. The molecule has 6 nitrogen and oxygen atoms in total. The lowest BCUT2D eigenvalue weighted by atomic mass is 10.1. The summed E-state index contributed by atoms with van der Waals surface area (Å²) in [7, 11) is 1.57. The zero-order chi connectivity index (χ0) is 18.9. The molecule has 0 aliphatic carbocycles. The first-order valence-electron chi connectivity index (χ1n) is 8.33. The second-order valence-corrected chi connectivity index (χ2v) is 5.62. The van der Waals surface area contributed by atoms with Gasteiger partial charge in [0.25, 0.3) is 5.69 Å². The van der Waals surface area contributed by atoms with Crippen LogP contribution in [0.25, 0.3) is 6.08 Å². The predicted molar refractivity (Wildman–Crippen MR) is 99.9 cm³/mol. The highest BCUT2D eigenvalue weighted by molar-refractivity contribution is 6.07. The van der Waals surface area contributed by atoms with Crippen LogP contribution in [0.3, 0.4) is 0 Å². The van der Waals surface area contributed by atoms with Gasteiger partial charge in [-0.1, -0.05) is 37.6 Å². The maximum atomic E-state index is 12.2. The molecule has 0 bridgehead atoms. The molecule has 0 aliphatic heterocycles. The third kappa shape index (κ3) is 5.17. The number of carbonyl (C=O) groups excluding carboxylic acids is 1. The van der Waals surface area contributed by atoms with Gasteiger partial charge in [-0.3, -0.25) is 14.9 Å². The molecule has 136 valence electrons. The van der Waals surface area contributed by atoms with E-state index in [1.807, 2.05) is 6.07 Å². The molecule has 26 heavy (non-hydrogen) atoms. The van der Waals surface area contributed by atoms with Crippen molar-refractivity contribution in [3.8, 4) is 11.5 Å². The van der Waals surface area contributed by atoms with Crippen molar-refractivity contribution >= 4 is 17.5 Å². The molecule has 2 aromatic rings. The topological polar surface area (TPSA) is 78.7 Å². The number of rotatable bonds is 9. The van der Waals surface area contributed by atoms with Crippen molar-refractivity contribution in [2.24, 2.45) is 0 Å². The minimum Gasteiger partial charge on any atom is -0.493 e. The van der Waals surface area contributed by atoms with Crippen molar-refractivity contribution in [2.75, 3.05) is 13.7 Å². The van der Waals surface area contributed by atoms with E-state index < -0.39 is 4.92 Å². The quantitative estimate of drug-likeness (QED) is 0.215. The molecule has 0 unspecified atom stereocenters. The lowest BCUT2D eigenvalue weighted by Crippen LogP contribution is -1.99. The fourth-order valence-electron chi connectivity index (χ4n) is 2.28. The van der Waals surface area contributed by atoms with Gasteiger partial charge in [0, 0.05) is 17.7 Å². The number of nitro groups is 1. The highest BCUT2D eigenvalue weighted by atomic mass is 16.6. The normalized spacial score (nSPS) is 10.7. The Morgan fingerprint density at radius 2 is 2.00 bits per heavy atom. The van der Waals surface area contributed by atoms with Crippen molar-refractivity contribution in [2.45, 2.75) is 19.8 Å². The van der Waals surface area contributed by atoms with Gasteiger partial charge in [-0.15, -0.1) is 0 Å². The van der Waals surface area contributed by atoms with Gasteiger partial charge >= 0.3 is 0 Å². The number of non-ortho nitro benzene ring substituents is 1. The van der Waals surface area contributed by atoms with Crippen molar-refractivity contribution in [1.29, 1.82) is 0 Å². The summed E-state index contributed by atoms with van der Waals surface area (Å²) in [6, 6.07) is 11.0. The summed E-state index contributed by atoms with van der Waals surface area (Å²) in [5.41, 5.74) is 0.930. The Labute approximate surface area is 152 Å². The van der Waals surface area contributed by atoms with E-state index >= 15 is 0 Å². The van der Waals surface area contributed by atoms with E-state index in [4.69, 9.17) is 9.47 Å². The number of benzene rings is 2. The molecule has 0 aromatic heterocycles. The standard InChI is InChI=1S/C20H21NO5/c1-3-4-12-26-20-13-15(9-11-19(20)25-2)8-10-18(22)16-6-5-7-17(14-16)21(23)24/h5-11,13-14H,3-4,12H2,1-2H3/b10-8+. The molecule has 2 rings (SSSR count). The van der Waals surface area contributed by atoms with Crippen molar-refractivity contribution in [3.05, 3.63) is 69.8 Å². The van der Waals surface area contributed by atoms with Gasteiger partial charge in [0.2, 0.25) is 0 Å². The monoisotopic (exact) mass is 355 g/mol. The molecule has 0 heterocycles. The van der Waals surface area contributed by atoms with E-state index in [2.05, 4.69) is 6.92 Å². The van der Waals surface area contributed by atoms with Gasteiger partial charge in [0.05, 0.1) is 18.6 Å². The number of nitro benzene ring substituents is 1. The van der Waals surface area contributed by atoms with E-state index in [0.29, 0.717) is 18.1 Å². The first-order chi connectivity index (χ1) is 12.5. The Kier molecular flexibility index (Phi) is 6.91. The fraction of sp³-hybridized carbons (Fsp3) is 0.250. The Balaban J connectivity index is 2.16. The Bertz CT molecular complexity index is 814. The molecule has 0 aliphatic rings. The van der Waals surface area contributed by atoms with Gasteiger partial charge in [-0.05, 0) is 30.2 Å². The van der Waals surface area contributed by atoms with Gasteiger partial charge in [0.15, 0.2) is 17.3 Å². The zero-order valence-corrected chi connectivity index (χ0v) is 14.8. The van der Waals surface area contributed by atoms with E-state index in [-0.39, 0.29) is 17.0 Å². The maximum Gasteiger partial charge on any atom is 0.270 e. The first-order valence-corrected chi connectivity index (χ1v) is 8.33. The molecule has 6 heteroatoms. The number of nitrogens with zero attached hydrogens (tertiary/aromatic N) is 1. The lowest BCUT2D eigenvalue weighted by molar-refractivity contribution is -0.384. The molecule has 0 amide bonds. The SMILES string of the molecule is CCCCOc1cc(/C=C/C(=O)c2cccc([N+](=O)[O-])c2)ccc1OC. The molecule has 0 fully saturated rings. The van der Waals surface area contributed by atoms with E-state index in [1.165, 1.54) is 24.3 Å². The number of allylic oxidation sites excluding steroid dienone is 1. The van der Waals surface area contributed by atoms with Gasteiger partial charge in [-0.2, -0.15) is 0 Å². The van der Waals surface area contributed by atoms with Crippen LogP contribution in [0.4, 0.5) is 5.69 Å². The number of unbranched alkanes of at least 4 members (excludes halogenated alkanes) is 1. The fourth-order valence-corrected chi connectivity index (χ4v) is 2.28. The van der Waals surface area contributed by atoms with Crippen LogP contribution >= 0.6 is 0 Å².